The number of alkyl halides is 3. The molecule has 1 unspecified atom stereocenters. The highest BCUT2D eigenvalue weighted by molar-refractivity contribution is 5.09. The van der Waals surface area contributed by atoms with E-state index >= 15 is 0 Å². The number of nitrogens with one attached hydrogen (secondary N) is 1. The fraction of sp³-hybridized carbons (Fsp3) is 0.643. The molecule has 0 radical (unpaired) electrons. The van der Waals surface area contributed by atoms with E-state index in [-0.39, 0.29) is 18.6 Å². The number of rotatable bonds is 7. The van der Waals surface area contributed by atoms with Gasteiger partial charge in [-0.1, -0.05) is 0 Å². The van der Waals surface area contributed by atoms with Gasteiger partial charge in [0.05, 0.1) is 24.5 Å². The van der Waals surface area contributed by atoms with Gasteiger partial charge in [-0.05, 0) is 39.4 Å². The third-order valence-corrected chi connectivity index (χ3v) is 3.27. The van der Waals surface area contributed by atoms with E-state index in [9.17, 15) is 17.6 Å². The molecule has 0 bridgehead atoms. The highest BCUT2D eigenvalue weighted by atomic mass is 19.4. The lowest BCUT2D eigenvalue weighted by atomic mass is 10.1. The predicted molar refractivity (Wildman–Crippen MR) is 73.4 cm³/mol. The summed E-state index contributed by atoms with van der Waals surface area (Å²) >= 11 is 0. The molecular formula is C14H21F4N3. The first-order valence-electron chi connectivity index (χ1n) is 6.82. The minimum absolute atomic E-state index is 0.203. The zero-order chi connectivity index (χ0) is 16.0. The Morgan fingerprint density at radius 1 is 1.29 bits per heavy atom. The quantitative estimate of drug-likeness (QED) is 0.784. The Morgan fingerprint density at radius 2 is 1.95 bits per heavy atom. The molecule has 0 saturated carbocycles. The molecule has 7 heteroatoms. The summed E-state index contributed by atoms with van der Waals surface area (Å²) in [5, 5.41) is 3.00. The Morgan fingerprint density at radius 3 is 2.38 bits per heavy atom. The van der Waals surface area contributed by atoms with Crippen LogP contribution in [0.3, 0.4) is 0 Å². The molecule has 1 aromatic heterocycles. The van der Waals surface area contributed by atoms with Crippen molar-refractivity contribution < 1.29 is 17.6 Å². The van der Waals surface area contributed by atoms with Gasteiger partial charge in [0.1, 0.15) is 5.82 Å². The van der Waals surface area contributed by atoms with Crippen molar-refractivity contribution in [2.24, 2.45) is 0 Å². The molecule has 1 N–H and O–H groups in total. The number of hydrogen-bond donors (Lipinski definition) is 1. The zero-order valence-corrected chi connectivity index (χ0v) is 12.4. The minimum Gasteiger partial charge on any atom is -0.312 e. The topological polar surface area (TPSA) is 28.2 Å². The van der Waals surface area contributed by atoms with Gasteiger partial charge in [0.25, 0.3) is 0 Å². The van der Waals surface area contributed by atoms with Crippen LogP contribution in [-0.2, 0) is 0 Å². The van der Waals surface area contributed by atoms with Crippen LogP contribution >= 0.6 is 0 Å². The van der Waals surface area contributed by atoms with Crippen molar-refractivity contribution in [1.29, 1.82) is 0 Å². The molecule has 120 valence electrons. The van der Waals surface area contributed by atoms with Gasteiger partial charge >= 0.3 is 6.18 Å². The largest absolute Gasteiger partial charge is 0.401 e. The van der Waals surface area contributed by atoms with Gasteiger partial charge in [-0.25, -0.2) is 4.39 Å². The summed E-state index contributed by atoms with van der Waals surface area (Å²) in [5.74, 6) is -0.436. The summed E-state index contributed by atoms with van der Waals surface area (Å²) < 4.78 is 50.4. The van der Waals surface area contributed by atoms with E-state index in [1.54, 1.807) is 27.0 Å². The number of pyridine rings is 1. The molecule has 1 rings (SSSR count). The van der Waals surface area contributed by atoms with Gasteiger partial charge in [-0.2, -0.15) is 13.2 Å². The Labute approximate surface area is 122 Å². The van der Waals surface area contributed by atoms with E-state index in [0.29, 0.717) is 12.1 Å². The highest BCUT2D eigenvalue weighted by Gasteiger charge is 2.31. The maximum atomic E-state index is 12.8. The van der Waals surface area contributed by atoms with Crippen LogP contribution in [0.4, 0.5) is 17.6 Å². The molecular weight excluding hydrogens is 286 g/mol. The zero-order valence-electron chi connectivity index (χ0n) is 12.4. The van der Waals surface area contributed by atoms with Crippen LogP contribution in [0.25, 0.3) is 0 Å². The van der Waals surface area contributed by atoms with E-state index in [4.69, 9.17) is 0 Å². The molecule has 1 heterocycles. The summed E-state index contributed by atoms with van der Waals surface area (Å²) in [4.78, 5) is 5.34. The molecule has 0 amide bonds. The van der Waals surface area contributed by atoms with Crippen LogP contribution in [0, 0.1) is 5.82 Å². The second kappa shape index (κ2) is 7.70. The molecule has 0 aliphatic rings. The van der Waals surface area contributed by atoms with Crippen molar-refractivity contribution >= 4 is 0 Å². The lowest BCUT2D eigenvalue weighted by molar-refractivity contribution is -0.149. The van der Waals surface area contributed by atoms with Crippen molar-refractivity contribution in [2.45, 2.75) is 38.5 Å². The number of nitrogens with zero attached hydrogens (tertiary/aromatic N) is 2. The van der Waals surface area contributed by atoms with Gasteiger partial charge in [0.15, 0.2) is 0 Å². The first-order chi connectivity index (χ1) is 9.73. The Bertz CT molecular complexity index is 417. The van der Waals surface area contributed by atoms with Crippen molar-refractivity contribution in [1.82, 2.24) is 15.2 Å². The third-order valence-electron chi connectivity index (χ3n) is 3.27. The molecule has 3 nitrogen and oxygen atoms in total. The van der Waals surface area contributed by atoms with E-state index in [2.05, 4.69) is 10.3 Å². The van der Waals surface area contributed by atoms with E-state index < -0.39 is 18.5 Å². The number of aromatic nitrogens is 1. The maximum absolute atomic E-state index is 12.8. The third kappa shape index (κ3) is 6.39. The Hall–Kier alpha value is -1.21. The normalized spacial score (nSPS) is 14.0. The SMILES string of the molecule is CNC(CCN(CC(F)(F)F)C(C)C)c1ccc(F)cn1. The molecule has 0 aliphatic carbocycles. The average Bonchev–Trinajstić information content (AvgIpc) is 2.38. The smallest absolute Gasteiger partial charge is 0.312 e. The fourth-order valence-electron chi connectivity index (χ4n) is 2.08. The highest BCUT2D eigenvalue weighted by Crippen LogP contribution is 2.20. The van der Waals surface area contributed by atoms with Gasteiger partial charge in [0.2, 0.25) is 0 Å². The maximum Gasteiger partial charge on any atom is 0.401 e. The predicted octanol–water partition coefficient (Wildman–Crippen LogP) is 3.14. The first kappa shape index (κ1) is 17.8. The van der Waals surface area contributed by atoms with Crippen molar-refractivity contribution in [3.8, 4) is 0 Å². The summed E-state index contributed by atoms with van der Waals surface area (Å²) in [7, 11) is 1.71. The van der Waals surface area contributed by atoms with Crippen molar-refractivity contribution in [3.05, 3.63) is 29.8 Å². The van der Waals surface area contributed by atoms with Crippen LogP contribution in [-0.4, -0.2) is 42.2 Å². The molecule has 21 heavy (non-hydrogen) atoms. The summed E-state index contributed by atoms with van der Waals surface area (Å²) in [6.07, 6.45) is -2.65. The standard InChI is InChI=1S/C14H21F4N3/c1-10(2)21(9-14(16,17)18)7-6-12(19-3)13-5-4-11(15)8-20-13/h4-5,8,10,12,19H,6-7,9H2,1-3H3. The number of halogens is 4. The molecule has 1 atom stereocenters. The van der Waals surface area contributed by atoms with Gasteiger partial charge in [-0.3, -0.25) is 9.88 Å². The number of hydrogen-bond acceptors (Lipinski definition) is 3. The molecule has 0 aliphatic heterocycles. The van der Waals surface area contributed by atoms with E-state index in [0.717, 1.165) is 6.20 Å². The van der Waals surface area contributed by atoms with Crippen LogP contribution in [0.1, 0.15) is 32.0 Å². The first-order valence-corrected chi connectivity index (χ1v) is 6.82. The van der Waals surface area contributed by atoms with Gasteiger partial charge in [0, 0.05) is 12.6 Å². The minimum atomic E-state index is -4.21. The summed E-state index contributed by atoms with van der Waals surface area (Å²) in [6, 6.07) is 2.42. The van der Waals surface area contributed by atoms with Crippen LogP contribution in [0.2, 0.25) is 0 Å². The van der Waals surface area contributed by atoms with Crippen LogP contribution < -0.4 is 5.32 Å². The van der Waals surface area contributed by atoms with Gasteiger partial charge < -0.3 is 5.32 Å². The molecule has 1 aromatic rings. The summed E-state index contributed by atoms with van der Waals surface area (Å²) in [6.45, 7) is 2.81. The monoisotopic (exact) mass is 307 g/mol. The second-order valence-electron chi connectivity index (χ2n) is 5.21. The van der Waals surface area contributed by atoms with Crippen molar-refractivity contribution in [2.75, 3.05) is 20.1 Å². The molecule has 0 saturated heterocycles. The van der Waals surface area contributed by atoms with Crippen LogP contribution in [0.5, 0.6) is 0 Å². The lowest BCUT2D eigenvalue weighted by Crippen LogP contribution is -2.40. The lowest BCUT2D eigenvalue weighted by Gasteiger charge is -2.29. The van der Waals surface area contributed by atoms with Crippen LogP contribution in [0.15, 0.2) is 18.3 Å². The fourth-order valence-corrected chi connectivity index (χ4v) is 2.08. The Balaban J connectivity index is 2.65. The summed E-state index contributed by atoms with van der Waals surface area (Å²) in [5.41, 5.74) is 0.620. The average molecular weight is 307 g/mol. The van der Waals surface area contributed by atoms with Gasteiger partial charge in [-0.15, -0.1) is 0 Å². The van der Waals surface area contributed by atoms with E-state index in [1.807, 2.05) is 0 Å². The second-order valence-corrected chi connectivity index (χ2v) is 5.21. The van der Waals surface area contributed by atoms with E-state index in [1.165, 1.54) is 11.0 Å². The molecule has 0 fully saturated rings. The van der Waals surface area contributed by atoms with Crippen molar-refractivity contribution in [3.63, 3.8) is 0 Å². The Kier molecular flexibility index (Phi) is 6.54. The molecule has 0 spiro atoms. The molecule has 0 aromatic carbocycles.